The SMILES string of the molecule is CN=C(N)Nc1nc(C)cc(C)n1.Cc1cc(C)nc(N=C(N)Nc2ccc(OCc3ccc(Cl)cc3)cc2)n1.Cc1ccc(NC(N)=Nc2nc(C)cc(C)n2)cc1.Cc1ccc(NC(N)=Nc2nc(C)cc(C)n2)cc1.Cc1cccc(NC(N)=Nc2nc(C)cc(C)n2)c1. The second-order valence-electron chi connectivity index (χ2n) is 22.0. The molecule has 0 aliphatic carbocycles. The Labute approximate surface area is 571 Å². The first kappa shape index (κ1) is 74.0. The minimum atomic E-state index is 0.217. The molecule has 0 unspecified atom stereocenters. The molecule has 0 aliphatic rings. The topological polar surface area (TPSA) is 390 Å². The van der Waals surface area contributed by atoms with Gasteiger partial charge < -0.3 is 54.7 Å². The number of halogens is 1. The second-order valence-corrected chi connectivity index (χ2v) is 22.5. The minimum Gasteiger partial charge on any atom is -0.489 e. The normalized spacial score (nSPS) is 11.4. The molecule has 0 radical (unpaired) electrons. The summed E-state index contributed by atoms with van der Waals surface area (Å²) in [5.41, 5.74) is 45.7. The standard InChI is InChI=1S/C20H20ClN5O.3C14H17N5.C8H13N5/c1-13-11-14(2)24-20(23-13)26-19(22)25-17-7-9-18(10-8-17)27-12-15-3-5-16(21)6-4-15;2*1-9-4-6-12(7-5-9)18-13(15)19-14-16-10(2)8-11(3)17-14;1-9-5-4-6-12(7-9)18-13(15)19-14-16-10(2)8-11(3)17-14;1-5-4-6(2)12-8(11-5)13-7(9)10-3/h3-11H,12H2,1-2H3,(H3,22,23,24,25,26);3*4-8H,1-3H3,(H3,15,16,17,18,19);4H,1-3H3,(H3,9,10,11,12,13). The highest BCUT2D eigenvalue weighted by molar-refractivity contribution is 6.30. The van der Waals surface area contributed by atoms with Crippen molar-refractivity contribution < 1.29 is 4.74 Å². The molecule has 0 atom stereocenters. The Kier molecular flexibility index (Phi) is 28.2. The fraction of sp³-hybridized carbons (Fsp3) is 0.214. The summed E-state index contributed by atoms with van der Waals surface area (Å²) >= 11 is 5.88. The smallest absolute Gasteiger partial charge is 0.253 e. The van der Waals surface area contributed by atoms with Crippen molar-refractivity contribution in [1.82, 2.24) is 49.8 Å². The zero-order chi connectivity index (χ0) is 70.6. The number of nitrogens with one attached hydrogen (secondary N) is 5. The molecule has 97 heavy (non-hydrogen) atoms. The van der Waals surface area contributed by atoms with Gasteiger partial charge in [-0.1, -0.05) is 71.3 Å². The zero-order valence-corrected chi connectivity index (χ0v) is 57.8. The second kappa shape index (κ2) is 37.0. The molecule has 0 saturated carbocycles. The summed E-state index contributed by atoms with van der Waals surface area (Å²) in [7, 11) is 1.60. The molecule has 5 heterocycles. The van der Waals surface area contributed by atoms with Gasteiger partial charge in [0.25, 0.3) is 23.8 Å². The Bertz CT molecular complexity index is 4160. The maximum Gasteiger partial charge on any atom is 0.253 e. The van der Waals surface area contributed by atoms with E-state index >= 15 is 0 Å². The van der Waals surface area contributed by atoms with Gasteiger partial charge in [0, 0.05) is 91.8 Å². The van der Waals surface area contributed by atoms with Crippen LogP contribution in [0.1, 0.15) is 79.2 Å². The highest BCUT2D eigenvalue weighted by Crippen LogP contribution is 2.20. The van der Waals surface area contributed by atoms with Gasteiger partial charge in [-0.2, -0.15) is 20.0 Å². The third-order valence-corrected chi connectivity index (χ3v) is 12.9. The Morgan fingerprint density at radius 1 is 0.340 bits per heavy atom. The summed E-state index contributed by atoms with van der Waals surface area (Å²) in [6.07, 6.45) is 0. The summed E-state index contributed by atoms with van der Waals surface area (Å²) in [5, 5.41) is 15.5. The quantitative estimate of drug-likeness (QED) is 0.0401. The molecule has 0 fully saturated rings. The fourth-order valence-electron chi connectivity index (χ4n) is 8.49. The number of benzene rings is 5. The van der Waals surface area contributed by atoms with E-state index in [1.165, 1.54) is 11.1 Å². The van der Waals surface area contributed by atoms with E-state index in [0.29, 0.717) is 47.3 Å². The number of aryl methyl sites for hydroxylation is 13. The molecule has 26 nitrogen and oxygen atoms in total. The van der Waals surface area contributed by atoms with Crippen LogP contribution in [-0.2, 0) is 6.61 Å². The molecule has 0 aliphatic heterocycles. The first-order valence-electron chi connectivity index (χ1n) is 30.4. The average Bonchev–Trinajstić information content (AvgIpc) is 1.19. The van der Waals surface area contributed by atoms with Crippen molar-refractivity contribution >= 4 is 93.9 Å². The molecule has 10 rings (SSSR count). The number of anilines is 5. The fourth-order valence-corrected chi connectivity index (χ4v) is 8.62. The lowest BCUT2D eigenvalue weighted by atomic mass is 10.2. The highest BCUT2D eigenvalue weighted by atomic mass is 35.5. The van der Waals surface area contributed by atoms with Crippen LogP contribution in [0.15, 0.2) is 177 Å². The number of hydrogen-bond donors (Lipinski definition) is 10. The number of rotatable bonds is 12. The maximum absolute atomic E-state index is 5.94. The molecule has 10 aromatic rings. The number of nitrogens with two attached hydrogens (primary N) is 5. The zero-order valence-electron chi connectivity index (χ0n) is 57.0. The van der Waals surface area contributed by atoms with Gasteiger partial charge >= 0.3 is 0 Å². The van der Waals surface area contributed by atoms with Crippen molar-refractivity contribution in [3.8, 4) is 5.75 Å². The lowest BCUT2D eigenvalue weighted by Crippen LogP contribution is -2.23. The van der Waals surface area contributed by atoms with Gasteiger partial charge in [0.15, 0.2) is 5.96 Å². The van der Waals surface area contributed by atoms with Crippen LogP contribution < -0.4 is 60.0 Å². The lowest BCUT2D eigenvalue weighted by molar-refractivity contribution is 0.306. The van der Waals surface area contributed by atoms with Crippen molar-refractivity contribution in [2.75, 3.05) is 33.6 Å². The largest absolute Gasteiger partial charge is 0.489 e. The third kappa shape index (κ3) is 28.4. The van der Waals surface area contributed by atoms with Crippen LogP contribution in [0.5, 0.6) is 5.75 Å². The van der Waals surface area contributed by atoms with E-state index in [0.717, 1.165) is 96.6 Å². The summed E-state index contributed by atoms with van der Waals surface area (Å²) < 4.78 is 5.76. The lowest BCUT2D eigenvalue weighted by Gasteiger charge is -2.09. The molecule has 502 valence electrons. The first-order chi connectivity index (χ1) is 46.2. The summed E-state index contributed by atoms with van der Waals surface area (Å²) in [6.45, 7) is 25.5. The van der Waals surface area contributed by atoms with Gasteiger partial charge in [-0.25, -0.2) is 49.8 Å². The van der Waals surface area contributed by atoms with E-state index in [9.17, 15) is 0 Å². The Morgan fingerprint density at radius 2 is 0.649 bits per heavy atom. The van der Waals surface area contributed by atoms with Crippen molar-refractivity contribution in [3.63, 3.8) is 0 Å². The molecule has 0 spiro atoms. The van der Waals surface area contributed by atoms with Crippen LogP contribution in [-0.4, -0.2) is 86.7 Å². The summed E-state index contributed by atoms with van der Waals surface area (Å²) in [6, 6.07) is 48.1. The Morgan fingerprint density at radius 3 is 0.969 bits per heavy atom. The number of ether oxygens (including phenoxy) is 1. The van der Waals surface area contributed by atoms with Gasteiger partial charge in [0.05, 0.1) is 0 Å². The van der Waals surface area contributed by atoms with Crippen LogP contribution in [0, 0.1) is 90.0 Å². The molecule has 0 amide bonds. The van der Waals surface area contributed by atoms with E-state index in [4.69, 9.17) is 45.0 Å². The van der Waals surface area contributed by atoms with Crippen LogP contribution in [0.4, 0.5) is 52.5 Å². The number of aromatic nitrogens is 10. The molecule has 0 bridgehead atoms. The van der Waals surface area contributed by atoms with Crippen molar-refractivity contribution in [2.24, 2.45) is 53.6 Å². The third-order valence-electron chi connectivity index (χ3n) is 12.6. The highest BCUT2D eigenvalue weighted by Gasteiger charge is 2.07. The van der Waals surface area contributed by atoms with Gasteiger partial charge in [-0.3, -0.25) is 10.3 Å². The number of aliphatic imine (C=N–C) groups is 5. The average molecular weight is 1330 g/mol. The molecule has 0 saturated heterocycles. The van der Waals surface area contributed by atoms with E-state index < -0.39 is 0 Å². The van der Waals surface area contributed by atoms with Gasteiger partial charge in [0.2, 0.25) is 29.8 Å². The molecular weight excluding hydrogens is 1240 g/mol. The molecule has 5 aromatic heterocycles. The van der Waals surface area contributed by atoms with Crippen molar-refractivity contribution in [1.29, 1.82) is 0 Å². The number of nitrogens with zero attached hydrogens (tertiary/aromatic N) is 15. The number of guanidine groups is 5. The Balaban J connectivity index is 0.000000195. The van der Waals surface area contributed by atoms with E-state index in [1.807, 2.05) is 242 Å². The number of hydrogen-bond acceptors (Lipinski definition) is 16. The molecule has 15 N–H and O–H groups in total. The van der Waals surface area contributed by atoms with Crippen molar-refractivity contribution in [3.05, 3.63) is 236 Å². The predicted molar refractivity (Wildman–Crippen MR) is 394 cm³/mol. The van der Waals surface area contributed by atoms with E-state index in [1.54, 1.807) is 7.05 Å². The molecular formula is C70H84ClN25O. The monoisotopic (exact) mass is 1330 g/mol. The summed E-state index contributed by atoms with van der Waals surface area (Å²) in [4.78, 5) is 62.5. The molecule has 5 aromatic carbocycles. The summed E-state index contributed by atoms with van der Waals surface area (Å²) in [5.74, 6) is 4.03. The van der Waals surface area contributed by atoms with Crippen LogP contribution in [0.3, 0.4) is 0 Å². The van der Waals surface area contributed by atoms with E-state index in [-0.39, 0.29) is 23.8 Å². The predicted octanol–water partition coefficient (Wildman–Crippen LogP) is 12.2. The van der Waals surface area contributed by atoms with Gasteiger partial charge in [-0.15, -0.1) is 0 Å². The molecule has 27 heteroatoms. The van der Waals surface area contributed by atoms with Gasteiger partial charge in [-0.05, 0) is 204 Å². The van der Waals surface area contributed by atoms with Crippen LogP contribution >= 0.6 is 11.6 Å². The van der Waals surface area contributed by atoms with E-state index in [2.05, 4.69) is 101 Å². The maximum atomic E-state index is 5.94. The van der Waals surface area contributed by atoms with Crippen molar-refractivity contribution in [2.45, 2.75) is 96.6 Å². The Hall–Kier alpha value is -12.1. The van der Waals surface area contributed by atoms with Crippen LogP contribution in [0.2, 0.25) is 5.02 Å². The minimum absolute atomic E-state index is 0.217. The van der Waals surface area contributed by atoms with Gasteiger partial charge in [0.1, 0.15) is 12.4 Å². The first-order valence-corrected chi connectivity index (χ1v) is 30.8. The van der Waals surface area contributed by atoms with Crippen LogP contribution in [0.25, 0.3) is 0 Å².